The Balaban J connectivity index is 1.44. The van der Waals surface area contributed by atoms with Gasteiger partial charge in [0.1, 0.15) is 25.0 Å². The van der Waals surface area contributed by atoms with E-state index in [1.165, 1.54) is 6.33 Å². The molecule has 0 saturated heterocycles. The predicted molar refractivity (Wildman–Crippen MR) is 76.8 cm³/mol. The Morgan fingerprint density at radius 1 is 1.43 bits per heavy atom. The maximum absolute atomic E-state index is 12.1. The topological polar surface area (TPSA) is 69.0 Å². The molecule has 1 aliphatic heterocycles. The van der Waals surface area contributed by atoms with E-state index >= 15 is 0 Å². The van der Waals surface area contributed by atoms with Gasteiger partial charge in [0, 0.05) is 13.1 Å². The number of hydrogen-bond donors (Lipinski definition) is 1. The number of ether oxygens (including phenoxy) is 1. The van der Waals surface area contributed by atoms with Gasteiger partial charge in [0.25, 0.3) is 0 Å². The van der Waals surface area contributed by atoms with Crippen LogP contribution in [0.2, 0.25) is 0 Å². The summed E-state index contributed by atoms with van der Waals surface area (Å²) in [5.41, 5.74) is 1.10. The van der Waals surface area contributed by atoms with Gasteiger partial charge in [-0.1, -0.05) is 18.2 Å². The highest BCUT2D eigenvalue weighted by molar-refractivity contribution is 5.79. The number of carbonyl (C=O) groups excluding carboxylic acids is 1. The van der Waals surface area contributed by atoms with Gasteiger partial charge in [-0.15, -0.1) is 0 Å². The molecule has 6 nitrogen and oxygen atoms in total. The van der Waals surface area contributed by atoms with E-state index in [1.54, 1.807) is 11.0 Å². The van der Waals surface area contributed by atoms with E-state index in [0.29, 0.717) is 13.2 Å². The number of amides is 1. The lowest BCUT2D eigenvalue weighted by Gasteiger charge is -2.24. The highest BCUT2D eigenvalue weighted by Gasteiger charge is 2.25. The number of nitrogens with zero attached hydrogens (tertiary/aromatic N) is 3. The lowest BCUT2D eigenvalue weighted by molar-refractivity contribution is -0.126. The molecule has 1 aromatic heterocycles. The SMILES string of the molecule is O=C(NCCCn1cncn1)C1COc2ccccc2C1. The molecule has 2 heterocycles. The molecular weight excluding hydrogens is 268 g/mol. The summed E-state index contributed by atoms with van der Waals surface area (Å²) in [7, 11) is 0. The molecule has 0 spiro atoms. The van der Waals surface area contributed by atoms with Crippen LogP contribution in [0.1, 0.15) is 12.0 Å². The van der Waals surface area contributed by atoms with Crippen molar-refractivity contribution in [3.63, 3.8) is 0 Å². The highest BCUT2D eigenvalue weighted by Crippen LogP contribution is 2.26. The normalized spacial score (nSPS) is 16.9. The van der Waals surface area contributed by atoms with Crippen molar-refractivity contribution in [2.45, 2.75) is 19.4 Å². The molecule has 0 fully saturated rings. The van der Waals surface area contributed by atoms with Crippen LogP contribution in [-0.2, 0) is 17.8 Å². The maximum Gasteiger partial charge on any atom is 0.226 e. The van der Waals surface area contributed by atoms with E-state index in [2.05, 4.69) is 15.4 Å². The summed E-state index contributed by atoms with van der Waals surface area (Å²) >= 11 is 0. The van der Waals surface area contributed by atoms with Crippen LogP contribution in [0.3, 0.4) is 0 Å². The molecule has 110 valence electrons. The minimum absolute atomic E-state index is 0.0584. The van der Waals surface area contributed by atoms with Crippen molar-refractivity contribution in [3.05, 3.63) is 42.5 Å². The molecule has 1 amide bonds. The lowest BCUT2D eigenvalue weighted by Crippen LogP contribution is -2.38. The fourth-order valence-corrected chi connectivity index (χ4v) is 2.44. The van der Waals surface area contributed by atoms with Crippen LogP contribution in [-0.4, -0.2) is 33.8 Å². The summed E-state index contributed by atoms with van der Waals surface area (Å²) in [6.45, 7) is 1.84. The minimum Gasteiger partial charge on any atom is -0.492 e. The van der Waals surface area contributed by atoms with E-state index in [0.717, 1.165) is 30.7 Å². The average Bonchev–Trinajstić information content (AvgIpc) is 3.04. The summed E-state index contributed by atoms with van der Waals surface area (Å²) < 4.78 is 7.40. The molecule has 2 aromatic rings. The zero-order chi connectivity index (χ0) is 14.5. The molecular formula is C15H18N4O2. The van der Waals surface area contributed by atoms with E-state index in [9.17, 15) is 4.79 Å². The number of nitrogens with one attached hydrogen (secondary N) is 1. The molecule has 21 heavy (non-hydrogen) atoms. The second-order valence-corrected chi connectivity index (χ2v) is 5.12. The Labute approximate surface area is 123 Å². The Bertz CT molecular complexity index is 597. The number of aromatic nitrogens is 3. The van der Waals surface area contributed by atoms with Crippen LogP contribution in [0.25, 0.3) is 0 Å². The molecule has 0 saturated carbocycles. The molecule has 1 unspecified atom stereocenters. The summed E-state index contributed by atoms with van der Waals surface area (Å²) in [5.74, 6) is 0.849. The van der Waals surface area contributed by atoms with Gasteiger partial charge in [0.2, 0.25) is 5.91 Å². The van der Waals surface area contributed by atoms with Crippen molar-refractivity contribution in [3.8, 4) is 5.75 Å². The fraction of sp³-hybridized carbons (Fsp3) is 0.400. The average molecular weight is 286 g/mol. The number of benzene rings is 1. The van der Waals surface area contributed by atoms with E-state index in [1.807, 2.05) is 24.3 Å². The minimum atomic E-state index is -0.105. The summed E-state index contributed by atoms with van der Waals surface area (Å²) in [6, 6.07) is 7.88. The Morgan fingerprint density at radius 2 is 2.33 bits per heavy atom. The Morgan fingerprint density at radius 3 is 3.19 bits per heavy atom. The molecule has 1 aliphatic rings. The predicted octanol–water partition coefficient (Wildman–Crippen LogP) is 1.04. The van der Waals surface area contributed by atoms with Gasteiger partial charge in [0.15, 0.2) is 0 Å². The Hall–Kier alpha value is -2.37. The van der Waals surface area contributed by atoms with Gasteiger partial charge in [-0.2, -0.15) is 5.10 Å². The van der Waals surface area contributed by atoms with Crippen molar-refractivity contribution < 1.29 is 9.53 Å². The van der Waals surface area contributed by atoms with Crippen LogP contribution >= 0.6 is 0 Å². The zero-order valence-corrected chi connectivity index (χ0v) is 11.7. The third kappa shape index (κ3) is 3.39. The highest BCUT2D eigenvalue weighted by atomic mass is 16.5. The van der Waals surface area contributed by atoms with Gasteiger partial charge in [-0.3, -0.25) is 9.48 Å². The number of rotatable bonds is 5. The van der Waals surface area contributed by atoms with Crippen molar-refractivity contribution in [1.82, 2.24) is 20.1 Å². The van der Waals surface area contributed by atoms with Gasteiger partial charge in [-0.05, 0) is 24.5 Å². The molecule has 1 aromatic carbocycles. The van der Waals surface area contributed by atoms with Gasteiger partial charge in [0.05, 0.1) is 5.92 Å². The standard InChI is InChI=1S/C15H18N4O2/c20-15(17-6-3-7-19-11-16-10-18-19)13-8-12-4-1-2-5-14(12)21-9-13/h1-2,4-5,10-11,13H,3,6-9H2,(H,17,20). The first-order chi connectivity index (χ1) is 10.3. The summed E-state index contributed by atoms with van der Waals surface area (Å²) in [5, 5.41) is 6.99. The first-order valence-electron chi connectivity index (χ1n) is 7.14. The largest absolute Gasteiger partial charge is 0.492 e. The quantitative estimate of drug-likeness (QED) is 0.834. The van der Waals surface area contributed by atoms with Crippen molar-refractivity contribution in [1.29, 1.82) is 0 Å². The van der Waals surface area contributed by atoms with Gasteiger partial charge >= 0.3 is 0 Å². The molecule has 0 aliphatic carbocycles. The Kier molecular flexibility index (Phi) is 4.14. The monoisotopic (exact) mass is 286 g/mol. The third-order valence-electron chi connectivity index (χ3n) is 3.58. The molecule has 1 N–H and O–H groups in total. The fourth-order valence-electron chi connectivity index (χ4n) is 2.44. The van der Waals surface area contributed by atoms with Crippen LogP contribution in [0.15, 0.2) is 36.9 Å². The number of hydrogen-bond acceptors (Lipinski definition) is 4. The molecule has 3 rings (SSSR count). The molecule has 6 heteroatoms. The summed E-state index contributed by atoms with van der Waals surface area (Å²) in [4.78, 5) is 16.0. The second kappa shape index (κ2) is 6.39. The van der Waals surface area contributed by atoms with Crippen molar-refractivity contribution in [2.24, 2.45) is 5.92 Å². The first kappa shape index (κ1) is 13.6. The van der Waals surface area contributed by atoms with Gasteiger partial charge < -0.3 is 10.1 Å². The zero-order valence-electron chi connectivity index (χ0n) is 11.7. The maximum atomic E-state index is 12.1. The van der Waals surface area contributed by atoms with Crippen LogP contribution in [0.4, 0.5) is 0 Å². The number of fused-ring (bicyclic) bond motifs is 1. The van der Waals surface area contributed by atoms with E-state index < -0.39 is 0 Å². The number of carbonyl (C=O) groups is 1. The number of aryl methyl sites for hydroxylation is 1. The lowest BCUT2D eigenvalue weighted by atomic mass is 9.96. The molecule has 0 radical (unpaired) electrons. The summed E-state index contributed by atoms with van der Waals surface area (Å²) in [6.07, 6.45) is 4.76. The molecule has 0 bridgehead atoms. The van der Waals surface area contributed by atoms with Crippen LogP contribution in [0.5, 0.6) is 5.75 Å². The van der Waals surface area contributed by atoms with Crippen LogP contribution < -0.4 is 10.1 Å². The van der Waals surface area contributed by atoms with Crippen molar-refractivity contribution in [2.75, 3.05) is 13.2 Å². The van der Waals surface area contributed by atoms with E-state index in [-0.39, 0.29) is 11.8 Å². The van der Waals surface area contributed by atoms with Gasteiger partial charge in [-0.25, -0.2) is 4.98 Å². The van der Waals surface area contributed by atoms with E-state index in [4.69, 9.17) is 4.74 Å². The first-order valence-corrected chi connectivity index (χ1v) is 7.14. The van der Waals surface area contributed by atoms with Crippen molar-refractivity contribution >= 4 is 5.91 Å². The number of para-hydroxylation sites is 1. The molecule has 1 atom stereocenters. The van der Waals surface area contributed by atoms with Crippen LogP contribution in [0, 0.1) is 5.92 Å². The third-order valence-corrected chi connectivity index (χ3v) is 3.58. The second-order valence-electron chi connectivity index (χ2n) is 5.12. The smallest absolute Gasteiger partial charge is 0.226 e.